The SMILES string of the molecule is CC(CNC(=O)c1n[nH]c2ccccc12)N(C)C. The van der Waals surface area contributed by atoms with Gasteiger partial charge < -0.3 is 10.2 Å². The Morgan fingerprint density at radius 3 is 2.89 bits per heavy atom. The number of nitrogens with one attached hydrogen (secondary N) is 2. The van der Waals surface area contributed by atoms with Crippen molar-refractivity contribution in [2.24, 2.45) is 0 Å². The third-order valence-electron chi connectivity index (χ3n) is 3.12. The number of aromatic nitrogens is 2. The van der Waals surface area contributed by atoms with Gasteiger partial charge in [0, 0.05) is 18.0 Å². The molecule has 5 nitrogen and oxygen atoms in total. The number of aromatic amines is 1. The zero-order chi connectivity index (χ0) is 13.1. The monoisotopic (exact) mass is 246 g/mol. The third kappa shape index (κ3) is 2.51. The number of para-hydroxylation sites is 1. The average Bonchev–Trinajstić information content (AvgIpc) is 2.79. The van der Waals surface area contributed by atoms with E-state index < -0.39 is 0 Å². The molecule has 0 saturated carbocycles. The fraction of sp³-hybridized carbons (Fsp3) is 0.385. The van der Waals surface area contributed by atoms with Crippen LogP contribution < -0.4 is 5.32 Å². The van der Waals surface area contributed by atoms with E-state index in [-0.39, 0.29) is 5.91 Å². The van der Waals surface area contributed by atoms with Crippen molar-refractivity contribution in [2.75, 3.05) is 20.6 Å². The van der Waals surface area contributed by atoms with Gasteiger partial charge >= 0.3 is 0 Å². The van der Waals surface area contributed by atoms with Gasteiger partial charge in [0.1, 0.15) is 0 Å². The van der Waals surface area contributed by atoms with E-state index in [0.29, 0.717) is 18.3 Å². The summed E-state index contributed by atoms with van der Waals surface area (Å²) < 4.78 is 0. The Bertz CT molecular complexity index is 547. The molecule has 2 rings (SSSR count). The van der Waals surface area contributed by atoms with Crippen LogP contribution in [0.1, 0.15) is 17.4 Å². The van der Waals surface area contributed by atoms with Crippen LogP contribution in [0.2, 0.25) is 0 Å². The van der Waals surface area contributed by atoms with Gasteiger partial charge in [-0.2, -0.15) is 5.10 Å². The summed E-state index contributed by atoms with van der Waals surface area (Å²) in [6.07, 6.45) is 0. The molecular formula is C13H18N4O. The number of carbonyl (C=O) groups is 1. The Hall–Kier alpha value is -1.88. The molecule has 1 unspecified atom stereocenters. The second-order valence-electron chi connectivity index (χ2n) is 4.64. The van der Waals surface area contributed by atoms with Crippen molar-refractivity contribution >= 4 is 16.8 Å². The molecular weight excluding hydrogens is 228 g/mol. The van der Waals surface area contributed by atoms with E-state index >= 15 is 0 Å². The minimum Gasteiger partial charge on any atom is -0.349 e. The van der Waals surface area contributed by atoms with Gasteiger partial charge in [0.15, 0.2) is 5.69 Å². The molecule has 2 N–H and O–H groups in total. The molecule has 0 bridgehead atoms. The zero-order valence-corrected chi connectivity index (χ0v) is 10.9. The number of fused-ring (bicyclic) bond motifs is 1. The van der Waals surface area contributed by atoms with E-state index in [9.17, 15) is 4.79 Å². The maximum Gasteiger partial charge on any atom is 0.272 e. The fourth-order valence-corrected chi connectivity index (χ4v) is 1.64. The Labute approximate surface area is 106 Å². The standard InChI is InChI=1S/C13H18N4O/c1-9(17(2)3)8-14-13(18)12-10-6-4-5-7-11(10)15-16-12/h4-7,9H,8H2,1-3H3,(H,14,18)(H,15,16). The number of hydrogen-bond acceptors (Lipinski definition) is 3. The third-order valence-corrected chi connectivity index (χ3v) is 3.12. The predicted molar refractivity (Wildman–Crippen MR) is 71.6 cm³/mol. The van der Waals surface area contributed by atoms with E-state index in [1.165, 1.54) is 0 Å². The number of rotatable bonds is 4. The van der Waals surface area contributed by atoms with Crippen molar-refractivity contribution in [2.45, 2.75) is 13.0 Å². The number of hydrogen-bond donors (Lipinski definition) is 2. The molecule has 1 amide bonds. The van der Waals surface area contributed by atoms with Gasteiger partial charge in [0.05, 0.1) is 5.52 Å². The summed E-state index contributed by atoms with van der Waals surface area (Å²) in [6, 6.07) is 7.90. The van der Waals surface area contributed by atoms with Gasteiger partial charge in [0.2, 0.25) is 0 Å². The lowest BCUT2D eigenvalue weighted by atomic mass is 10.2. The fourth-order valence-electron chi connectivity index (χ4n) is 1.64. The Kier molecular flexibility index (Phi) is 3.62. The van der Waals surface area contributed by atoms with Gasteiger partial charge in [-0.15, -0.1) is 0 Å². The molecule has 1 atom stereocenters. The second kappa shape index (κ2) is 5.18. The summed E-state index contributed by atoms with van der Waals surface area (Å²) in [4.78, 5) is 14.1. The highest BCUT2D eigenvalue weighted by Crippen LogP contribution is 2.14. The highest BCUT2D eigenvalue weighted by molar-refractivity contribution is 6.04. The van der Waals surface area contributed by atoms with E-state index in [1.54, 1.807) is 0 Å². The van der Waals surface area contributed by atoms with Crippen LogP contribution >= 0.6 is 0 Å². The lowest BCUT2D eigenvalue weighted by molar-refractivity contribution is 0.0940. The molecule has 1 aromatic carbocycles. The molecule has 0 aliphatic carbocycles. The maximum atomic E-state index is 12.0. The lowest BCUT2D eigenvalue weighted by Crippen LogP contribution is -2.38. The lowest BCUT2D eigenvalue weighted by Gasteiger charge is -2.19. The summed E-state index contributed by atoms with van der Waals surface area (Å²) in [5, 5.41) is 10.7. The summed E-state index contributed by atoms with van der Waals surface area (Å²) in [5.41, 5.74) is 1.33. The normalized spacial score (nSPS) is 12.9. The number of amides is 1. The van der Waals surface area contributed by atoms with Gasteiger partial charge in [-0.05, 0) is 27.1 Å². The number of H-pyrrole nitrogens is 1. The number of likely N-dealkylation sites (N-methyl/N-ethyl adjacent to an activating group) is 1. The van der Waals surface area contributed by atoms with Crippen molar-refractivity contribution in [1.82, 2.24) is 20.4 Å². The Morgan fingerprint density at radius 2 is 2.17 bits per heavy atom. The van der Waals surface area contributed by atoms with Crippen molar-refractivity contribution in [3.63, 3.8) is 0 Å². The summed E-state index contributed by atoms with van der Waals surface area (Å²) in [7, 11) is 3.97. The largest absolute Gasteiger partial charge is 0.349 e. The van der Waals surface area contributed by atoms with Crippen LogP contribution in [-0.2, 0) is 0 Å². The number of carbonyl (C=O) groups excluding carboxylic acids is 1. The van der Waals surface area contributed by atoms with Crippen LogP contribution in [0.25, 0.3) is 10.9 Å². The quantitative estimate of drug-likeness (QED) is 0.853. The second-order valence-corrected chi connectivity index (χ2v) is 4.64. The van der Waals surface area contributed by atoms with Gasteiger partial charge in [-0.25, -0.2) is 0 Å². The van der Waals surface area contributed by atoms with Crippen LogP contribution in [0.15, 0.2) is 24.3 Å². The summed E-state index contributed by atoms with van der Waals surface area (Å²) in [5.74, 6) is -0.138. The molecule has 0 radical (unpaired) electrons. The van der Waals surface area contributed by atoms with Crippen LogP contribution in [0.3, 0.4) is 0 Å². The van der Waals surface area contributed by atoms with Crippen molar-refractivity contribution < 1.29 is 4.79 Å². The topological polar surface area (TPSA) is 61.0 Å². The first-order valence-electron chi connectivity index (χ1n) is 5.97. The van der Waals surface area contributed by atoms with E-state index in [2.05, 4.69) is 27.3 Å². The molecule has 1 aromatic heterocycles. The van der Waals surface area contributed by atoms with Crippen LogP contribution in [0.5, 0.6) is 0 Å². The van der Waals surface area contributed by atoms with Crippen LogP contribution in [-0.4, -0.2) is 47.7 Å². The van der Waals surface area contributed by atoms with Gasteiger partial charge in [-0.3, -0.25) is 9.89 Å². The van der Waals surface area contributed by atoms with Crippen molar-refractivity contribution in [3.8, 4) is 0 Å². The molecule has 5 heteroatoms. The van der Waals surface area contributed by atoms with E-state index in [0.717, 1.165) is 10.9 Å². The van der Waals surface area contributed by atoms with Crippen LogP contribution in [0, 0.1) is 0 Å². The Morgan fingerprint density at radius 1 is 1.44 bits per heavy atom. The number of nitrogens with zero attached hydrogens (tertiary/aromatic N) is 2. The maximum absolute atomic E-state index is 12.0. The average molecular weight is 246 g/mol. The smallest absolute Gasteiger partial charge is 0.272 e. The van der Waals surface area contributed by atoms with Crippen LogP contribution in [0.4, 0.5) is 0 Å². The molecule has 96 valence electrons. The minimum absolute atomic E-state index is 0.138. The van der Waals surface area contributed by atoms with Crippen molar-refractivity contribution in [1.29, 1.82) is 0 Å². The molecule has 0 aliphatic rings. The van der Waals surface area contributed by atoms with Gasteiger partial charge in [0.25, 0.3) is 5.91 Å². The highest BCUT2D eigenvalue weighted by atomic mass is 16.1. The highest BCUT2D eigenvalue weighted by Gasteiger charge is 2.14. The number of benzene rings is 1. The van der Waals surface area contributed by atoms with Crippen molar-refractivity contribution in [3.05, 3.63) is 30.0 Å². The molecule has 0 aliphatic heterocycles. The van der Waals surface area contributed by atoms with Gasteiger partial charge in [-0.1, -0.05) is 18.2 Å². The zero-order valence-electron chi connectivity index (χ0n) is 10.9. The molecule has 0 saturated heterocycles. The molecule has 18 heavy (non-hydrogen) atoms. The first kappa shape index (κ1) is 12.6. The predicted octanol–water partition coefficient (Wildman–Crippen LogP) is 1.24. The minimum atomic E-state index is -0.138. The molecule has 2 aromatic rings. The molecule has 0 spiro atoms. The summed E-state index contributed by atoms with van der Waals surface area (Å²) >= 11 is 0. The molecule has 1 heterocycles. The van der Waals surface area contributed by atoms with E-state index in [1.807, 2.05) is 38.4 Å². The molecule has 0 fully saturated rings. The summed E-state index contributed by atoms with van der Waals surface area (Å²) in [6.45, 7) is 2.66. The van der Waals surface area contributed by atoms with E-state index in [4.69, 9.17) is 0 Å². The Balaban J connectivity index is 2.10. The first-order chi connectivity index (χ1) is 8.59. The first-order valence-corrected chi connectivity index (χ1v) is 5.97.